The van der Waals surface area contributed by atoms with E-state index < -0.39 is 0 Å². The van der Waals surface area contributed by atoms with E-state index in [9.17, 15) is 0 Å². The standard InChI is InChI=1S/C21H27N5/c1-20(2)12-15(13-21(3,4)26-20)23-19-22-10-9-17(25-19)18-11-14-7-5-6-8-16(14)24-18/h5-11,15,24,26H,12-13H2,1-4H3,(H,22,23,25). The largest absolute Gasteiger partial charge is 0.353 e. The fourth-order valence-corrected chi connectivity index (χ4v) is 4.40. The zero-order chi connectivity index (χ0) is 18.4. The van der Waals surface area contributed by atoms with Gasteiger partial charge in [0.25, 0.3) is 0 Å². The number of rotatable bonds is 3. The molecule has 0 aliphatic carbocycles. The molecule has 0 saturated carbocycles. The normalized spacial score (nSPS) is 19.5. The number of anilines is 1. The van der Waals surface area contributed by atoms with Crippen LogP contribution in [0.25, 0.3) is 22.3 Å². The number of aromatic nitrogens is 3. The summed E-state index contributed by atoms with van der Waals surface area (Å²) < 4.78 is 0. The van der Waals surface area contributed by atoms with Gasteiger partial charge < -0.3 is 15.6 Å². The van der Waals surface area contributed by atoms with Gasteiger partial charge in [0.05, 0.1) is 11.4 Å². The van der Waals surface area contributed by atoms with E-state index in [0.29, 0.717) is 12.0 Å². The number of piperidine rings is 1. The highest BCUT2D eigenvalue weighted by atomic mass is 15.2. The van der Waals surface area contributed by atoms with Crippen LogP contribution in [0.5, 0.6) is 0 Å². The first kappa shape index (κ1) is 17.0. The second kappa shape index (κ2) is 6.09. The molecular formula is C21H27N5. The van der Waals surface area contributed by atoms with E-state index in [1.54, 1.807) is 0 Å². The highest BCUT2D eigenvalue weighted by Gasteiger charge is 2.37. The SMILES string of the molecule is CC1(C)CC(Nc2nccc(-c3cc4ccccc4[nH]3)n2)CC(C)(C)N1. The molecule has 3 N–H and O–H groups in total. The second-order valence-electron chi connectivity index (χ2n) is 8.68. The molecule has 3 aromatic rings. The number of nitrogens with zero attached hydrogens (tertiary/aromatic N) is 2. The molecule has 1 aliphatic heterocycles. The Morgan fingerprint density at radius 3 is 2.50 bits per heavy atom. The van der Waals surface area contributed by atoms with Gasteiger partial charge in [0.2, 0.25) is 5.95 Å². The topological polar surface area (TPSA) is 65.6 Å². The molecule has 26 heavy (non-hydrogen) atoms. The summed E-state index contributed by atoms with van der Waals surface area (Å²) in [6.45, 7) is 9.02. The Kier molecular flexibility index (Phi) is 3.99. The molecule has 1 fully saturated rings. The van der Waals surface area contributed by atoms with Gasteiger partial charge in [-0.1, -0.05) is 18.2 Å². The van der Waals surface area contributed by atoms with Gasteiger partial charge in [-0.3, -0.25) is 0 Å². The fourth-order valence-electron chi connectivity index (χ4n) is 4.40. The van der Waals surface area contributed by atoms with Crippen molar-refractivity contribution in [3.05, 3.63) is 42.6 Å². The smallest absolute Gasteiger partial charge is 0.223 e. The first-order valence-corrected chi connectivity index (χ1v) is 9.27. The molecule has 5 heteroatoms. The average Bonchev–Trinajstić information content (AvgIpc) is 2.96. The number of para-hydroxylation sites is 1. The third kappa shape index (κ3) is 3.58. The number of H-pyrrole nitrogens is 1. The van der Waals surface area contributed by atoms with Crippen LogP contribution in [0.4, 0.5) is 5.95 Å². The minimum Gasteiger partial charge on any atom is -0.353 e. The number of hydrogen-bond donors (Lipinski definition) is 3. The Morgan fingerprint density at radius 1 is 1.04 bits per heavy atom. The molecule has 3 heterocycles. The van der Waals surface area contributed by atoms with Crippen molar-refractivity contribution >= 4 is 16.9 Å². The summed E-state index contributed by atoms with van der Waals surface area (Å²) in [6, 6.07) is 12.7. The molecule has 5 nitrogen and oxygen atoms in total. The molecule has 2 aromatic heterocycles. The number of nitrogens with one attached hydrogen (secondary N) is 3. The molecule has 0 radical (unpaired) electrons. The lowest BCUT2D eigenvalue weighted by Gasteiger charge is -2.46. The van der Waals surface area contributed by atoms with E-state index in [-0.39, 0.29) is 11.1 Å². The van der Waals surface area contributed by atoms with Gasteiger partial charge in [-0.2, -0.15) is 0 Å². The number of hydrogen-bond acceptors (Lipinski definition) is 4. The zero-order valence-electron chi connectivity index (χ0n) is 15.9. The molecule has 1 aromatic carbocycles. The molecule has 1 aliphatic rings. The van der Waals surface area contributed by atoms with Crippen molar-refractivity contribution in [3.63, 3.8) is 0 Å². The minimum atomic E-state index is 0.0915. The van der Waals surface area contributed by atoms with Crippen molar-refractivity contribution in [2.75, 3.05) is 5.32 Å². The summed E-state index contributed by atoms with van der Waals surface area (Å²) in [4.78, 5) is 12.6. The fraction of sp³-hybridized carbons (Fsp3) is 0.429. The predicted octanol–water partition coefficient (Wildman–Crippen LogP) is 4.35. The lowest BCUT2D eigenvalue weighted by molar-refractivity contribution is 0.170. The van der Waals surface area contributed by atoms with Crippen LogP contribution >= 0.6 is 0 Å². The second-order valence-corrected chi connectivity index (χ2v) is 8.68. The summed E-state index contributed by atoms with van der Waals surface area (Å²) in [7, 11) is 0. The summed E-state index contributed by atoms with van der Waals surface area (Å²) in [6.07, 6.45) is 3.90. The van der Waals surface area contributed by atoms with Gasteiger partial charge in [0.1, 0.15) is 0 Å². The summed E-state index contributed by atoms with van der Waals surface area (Å²) >= 11 is 0. The maximum atomic E-state index is 4.75. The average molecular weight is 349 g/mol. The molecule has 0 unspecified atom stereocenters. The van der Waals surface area contributed by atoms with Crippen LogP contribution in [0.1, 0.15) is 40.5 Å². The molecule has 0 spiro atoms. The summed E-state index contributed by atoms with van der Waals surface area (Å²) in [5.41, 5.74) is 3.23. The van der Waals surface area contributed by atoms with E-state index in [2.05, 4.69) is 66.5 Å². The van der Waals surface area contributed by atoms with Crippen LogP contribution in [-0.4, -0.2) is 32.1 Å². The van der Waals surface area contributed by atoms with Crippen LogP contribution in [0.15, 0.2) is 42.6 Å². The van der Waals surface area contributed by atoms with Gasteiger partial charge in [0, 0.05) is 34.2 Å². The molecule has 0 bridgehead atoms. The van der Waals surface area contributed by atoms with Crippen molar-refractivity contribution in [2.45, 2.75) is 57.7 Å². The van der Waals surface area contributed by atoms with Crippen LogP contribution in [0.3, 0.4) is 0 Å². The van der Waals surface area contributed by atoms with Crippen molar-refractivity contribution < 1.29 is 0 Å². The van der Waals surface area contributed by atoms with Crippen molar-refractivity contribution in [2.24, 2.45) is 0 Å². The van der Waals surface area contributed by atoms with E-state index in [1.807, 2.05) is 24.4 Å². The number of benzene rings is 1. The predicted molar refractivity (Wildman–Crippen MR) is 107 cm³/mol. The Hall–Kier alpha value is -2.40. The maximum Gasteiger partial charge on any atom is 0.223 e. The third-order valence-electron chi connectivity index (χ3n) is 4.98. The summed E-state index contributed by atoms with van der Waals surface area (Å²) in [5.74, 6) is 0.694. The van der Waals surface area contributed by atoms with Crippen LogP contribution in [0, 0.1) is 0 Å². The van der Waals surface area contributed by atoms with Gasteiger partial charge >= 0.3 is 0 Å². The molecular weight excluding hydrogens is 322 g/mol. The highest BCUT2D eigenvalue weighted by Crippen LogP contribution is 2.30. The molecule has 0 amide bonds. The van der Waals surface area contributed by atoms with Gasteiger partial charge in [-0.05, 0) is 58.7 Å². The third-order valence-corrected chi connectivity index (χ3v) is 4.98. The monoisotopic (exact) mass is 349 g/mol. The first-order chi connectivity index (χ1) is 12.3. The van der Waals surface area contributed by atoms with Gasteiger partial charge in [-0.15, -0.1) is 0 Å². The van der Waals surface area contributed by atoms with Crippen molar-refractivity contribution in [3.8, 4) is 11.4 Å². The Balaban J connectivity index is 1.58. The first-order valence-electron chi connectivity index (χ1n) is 9.27. The molecule has 4 rings (SSSR count). The van der Waals surface area contributed by atoms with Gasteiger partial charge in [0.15, 0.2) is 0 Å². The maximum absolute atomic E-state index is 4.75. The highest BCUT2D eigenvalue weighted by molar-refractivity contribution is 5.85. The van der Waals surface area contributed by atoms with Crippen molar-refractivity contribution in [1.82, 2.24) is 20.3 Å². The molecule has 136 valence electrons. The van der Waals surface area contributed by atoms with Crippen LogP contribution in [-0.2, 0) is 0 Å². The Labute approximate surface area is 154 Å². The van der Waals surface area contributed by atoms with Crippen LogP contribution in [0.2, 0.25) is 0 Å². The Bertz CT molecular complexity index is 876. The van der Waals surface area contributed by atoms with Crippen LogP contribution < -0.4 is 10.6 Å². The lowest BCUT2D eigenvalue weighted by atomic mass is 9.80. The van der Waals surface area contributed by atoms with Gasteiger partial charge in [-0.25, -0.2) is 9.97 Å². The number of fused-ring (bicyclic) bond motifs is 1. The quantitative estimate of drug-likeness (QED) is 0.658. The Morgan fingerprint density at radius 2 is 1.77 bits per heavy atom. The van der Waals surface area contributed by atoms with E-state index in [4.69, 9.17) is 4.98 Å². The van der Waals surface area contributed by atoms with E-state index >= 15 is 0 Å². The van der Waals surface area contributed by atoms with Crippen molar-refractivity contribution in [1.29, 1.82) is 0 Å². The lowest BCUT2D eigenvalue weighted by Crippen LogP contribution is -2.60. The molecule has 0 atom stereocenters. The molecule has 1 saturated heterocycles. The zero-order valence-corrected chi connectivity index (χ0v) is 15.9. The summed E-state index contributed by atoms with van der Waals surface area (Å²) in [5, 5.41) is 8.47. The minimum absolute atomic E-state index is 0.0915. The van der Waals surface area contributed by atoms with E-state index in [1.165, 1.54) is 5.39 Å². The number of aromatic amines is 1. The van der Waals surface area contributed by atoms with E-state index in [0.717, 1.165) is 29.7 Å².